The third-order valence-electron chi connectivity index (χ3n) is 2.32. The van der Waals surface area contributed by atoms with Crippen LogP contribution in [0.1, 0.15) is 6.92 Å². The van der Waals surface area contributed by atoms with Crippen molar-refractivity contribution in [3.8, 4) is 5.75 Å². The number of anilines is 2. The number of nitrogens with two attached hydrogens (primary N) is 1. The van der Waals surface area contributed by atoms with Crippen molar-refractivity contribution in [2.45, 2.75) is 13.0 Å². The van der Waals surface area contributed by atoms with E-state index in [9.17, 15) is 9.59 Å². The Morgan fingerprint density at radius 3 is 3.06 bits per heavy atom. The van der Waals surface area contributed by atoms with Crippen LogP contribution in [0.5, 0.6) is 5.75 Å². The molecule has 0 aliphatic carbocycles. The van der Waals surface area contributed by atoms with Crippen LogP contribution in [0, 0.1) is 0 Å². The van der Waals surface area contributed by atoms with Gasteiger partial charge in [0, 0.05) is 6.07 Å². The van der Waals surface area contributed by atoms with Gasteiger partial charge in [0.15, 0.2) is 17.7 Å². The van der Waals surface area contributed by atoms with Crippen LogP contribution >= 0.6 is 0 Å². The lowest BCUT2D eigenvalue weighted by molar-refractivity contribution is -0.137. The van der Waals surface area contributed by atoms with Crippen molar-refractivity contribution in [2.75, 3.05) is 17.2 Å². The number of amides is 1. The Balaban J connectivity index is 2.45. The molecule has 0 saturated carbocycles. The predicted molar refractivity (Wildman–Crippen MR) is 58.7 cm³/mol. The molecule has 0 aromatic carbocycles. The molecule has 2 rings (SSSR count). The number of carbonyl (C=O) groups excluding carboxylic acids is 1. The molecule has 3 N–H and O–H groups in total. The fourth-order valence-corrected chi connectivity index (χ4v) is 1.59. The van der Waals surface area contributed by atoms with Crippen LogP contribution in [0.2, 0.25) is 0 Å². The van der Waals surface area contributed by atoms with Crippen LogP contribution in [0.15, 0.2) is 12.3 Å². The molecule has 0 fully saturated rings. The molecule has 0 radical (unpaired) electrons. The number of nitrogen functional groups attached to an aromatic ring is 1. The molecule has 7 nitrogen and oxygen atoms in total. The van der Waals surface area contributed by atoms with E-state index in [0.717, 1.165) is 4.90 Å². The van der Waals surface area contributed by atoms with Crippen LogP contribution in [0.4, 0.5) is 11.5 Å². The van der Waals surface area contributed by atoms with Gasteiger partial charge in [-0.25, -0.2) is 4.98 Å². The highest BCUT2D eigenvalue weighted by molar-refractivity contribution is 6.01. The van der Waals surface area contributed by atoms with Crippen molar-refractivity contribution >= 4 is 23.4 Å². The fourth-order valence-electron chi connectivity index (χ4n) is 1.59. The minimum Gasteiger partial charge on any atom is -0.480 e. The standard InChI is InChI=1S/C10H11N3O4/c1-5-10(16)13(4-8(14)15)9-7(17-5)2-6(11)3-12-9/h2-3,5H,4,11H2,1H3,(H,14,15). The highest BCUT2D eigenvalue weighted by Crippen LogP contribution is 2.32. The van der Waals surface area contributed by atoms with E-state index >= 15 is 0 Å². The topological polar surface area (TPSA) is 106 Å². The van der Waals surface area contributed by atoms with Gasteiger partial charge >= 0.3 is 5.97 Å². The minimum absolute atomic E-state index is 0.185. The highest BCUT2D eigenvalue weighted by atomic mass is 16.5. The average molecular weight is 237 g/mol. The summed E-state index contributed by atoms with van der Waals surface area (Å²) in [5.41, 5.74) is 5.94. The van der Waals surface area contributed by atoms with Crippen molar-refractivity contribution < 1.29 is 19.4 Å². The van der Waals surface area contributed by atoms with Crippen LogP contribution in [-0.2, 0) is 9.59 Å². The number of nitrogens with zero attached hydrogens (tertiary/aromatic N) is 2. The lowest BCUT2D eigenvalue weighted by Crippen LogP contribution is -2.47. The van der Waals surface area contributed by atoms with Gasteiger partial charge in [0.1, 0.15) is 6.54 Å². The van der Waals surface area contributed by atoms with E-state index in [4.69, 9.17) is 15.6 Å². The van der Waals surface area contributed by atoms with Crippen molar-refractivity contribution in [1.82, 2.24) is 4.98 Å². The summed E-state index contributed by atoms with van der Waals surface area (Å²) in [4.78, 5) is 27.5. The van der Waals surface area contributed by atoms with Gasteiger partial charge in [-0.15, -0.1) is 0 Å². The van der Waals surface area contributed by atoms with Gasteiger partial charge in [0.05, 0.1) is 11.9 Å². The second-order valence-electron chi connectivity index (χ2n) is 3.67. The number of carbonyl (C=O) groups is 2. The average Bonchev–Trinajstić information content (AvgIpc) is 2.24. The summed E-state index contributed by atoms with van der Waals surface area (Å²) < 4.78 is 5.31. The third kappa shape index (κ3) is 1.99. The third-order valence-corrected chi connectivity index (χ3v) is 2.32. The Labute approximate surface area is 96.8 Å². The Hall–Kier alpha value is -2.31. The predicted octanol–water partition coefficient (Wildman–Crippen LogP) is -0.138. The molecule has 2 heterocycles. The summed E-state index contributed by atoms with van der Waals surface area (Å²) in [5, 5.41) is 8.76. The Bertz CT molecular complexity index is 488. The number of ether oxygens (including phenoxy) is 1. The molecule has 0 bridgehead atoms. The first-order valence-electron chi connectivity index (χ1n) is 4.94. The van der Waals surface area contributed by atoms with Crippen molar-refractivity contribution in [3.63, 3.8) is 0 Å². The molecule has 1 unspecified atom stereocenters. The first-order valence-corrected chi connectivity index (χ1v) is 4.94. The zero-order chi connectivity index (χ0) is 12.6. The molecular weight excluding hydrogens is 226 g/mol. The molecule has 0 saturated heterocycles. The van der Waals surface area contributed by atoms with Crippen LogP contribution in [0.3, 0.4) is 0 Å². The van der Waals surface area contributed by atoms with Gasteiger partial charge in [0.25, 0.3) is 5.91 Å². The SMILES string of the molecule is CC1Oc2cc(N)cnc2N(CC(=O)O)C1=O. The van der Waals surface area contributed by atoms with E-state index in [1.54, 1.807) is 6.92 Å². The molecule has 1 aliphatic rings. The number of pyridine rings is 1. The maximum Gasteiger partial charge on any atom is 0.323 e. The zero-order valence-corrected chi connectivity index (χ0v) is 9.08. The van der Waals surface area contributed by atoms with Crippen LogP contribution in [0.25, 0.3) is 0 Å². The molecule has 1 aliphatic heterocycles. The molecular formula is C10H11N3O4. The van der Waals surface area contributed by atoms with E-state index in [1.807, 2.05) is 0 Å². The zero-order valence-electron chi connectivity index (χ0n) is 9.08. The van der Waals surface area contributed by atoms with Gasteiger partial charge in [-0.05, 0) is 6.92 Å². The normalized spacial score (nSPS) is 18.5. The minimum atomic E-state index is -1.11. The quantitative estimate of drug-likeness (QED) is 0.741. The van der Waals surface area contributed by atoms with Gasteiger partial charge in [-0.2, -0.15) is 0 Å². The summed E-state index contributed by atoms with van der Waals surface area (Å²) >= 11 is 0. The second kappa shape index (κ2) is 3.93. The monoisotopic (exact) mass is 237 g/mol. The fraction of sp³-hybridized carbons (Fsp3) is 0.300. The summed E-state index contributed by atoms with van der Waals surface area (Å²) in [6.45, 7) is 1.10. The second-order valence-corrected chi connectivity index (χ2v) is 3.67. The number of rotatable bonds is 2. The lowest BCUT2D eigenvalue weighted by atomic mass is 10.2. The number of fused-ring (bicyclic) bond motifs is 1. The molecule has 17 heavy (non-hydrogen) atoms. The van der Waals surface area contributed by atoms with Gasteiger partial charge < -0.3 is 15.6 Å². The van der Waals surface area contributed by atoms with Crippen molar-refractivity contribution in [3.05, 3.63) is 12.3 Å². The summed E-state index contributed by atoms with van der Waals surface area (Å²) in [6, 6.07) is 1.51. The molecule has 0 spiro atoms. The van der Waals surface area contributed by atoms with E-state index in [1.165, 1.54) is 12.3 Å². The molecule has 1 amide bonds. The van der Waals surface area contributed by atoms with Crippen LogP contribution in [-0.4, -0.2) is 34.6 Å². The molecule has 1 atom stereocenters. The van der Waals surface area contributed by atoms with E-state index in [0.29, 0.717) is 11.4 Å². The van der Waals surface area contributed by atoms with E-state index in [2.05, 4.69) is 4.98 Å². The van der Waals surface area contributed by atoms with Gasteiger partial charge in [-0.1, -0.05) is 0 Å². The summed E-state index contributed by atoms with van der Waals surface area (Å²) in [6.07, 6.45) is 0.603. The Kier molecular flexibility index (Phi) is 2.58. The highest BCUT2D eigenvalue weighted by Gasteiger charge is 2.33. The number of hydrogen-bond donors (Lipinski definition) is 2. The van der Waals surface area contributed by atoms with Crippen LogP contribution < -0.4 is 15.4 Å². The maximum absolute atomic E-state index is 11.8. The van der Waals surface area contributed by atoms with Gasteiger partial charge in [-0.3, -0.25) is 14.5 Å². The summed E-state index contributed by atoms with van der Waals surface area (Å²) in [5.74, 6) is -1.04. The first-order chi connectivity index (χ1) is 7.99. The molecule has 1 aromatic heterocycles. The molecule has 90 valence electrons. The Morgan fingerprint density at radius 1 is 1.71 bits per heavy atom. The van der Waals surface area contributed by atoms with Gasteiger partial charge in [0.2, 0.25) is 0 Å². The first kappa shape index (κ1) is 11.2. The van der Waals surface area contributed by atoms with E-state index < -0.39 is 24.5 Å². The number of hydrogen-bond acceptors (Lipinski definition) is 5. The largest absolute Gasteiger partial charge is 0.480 e. The number of aromatic nitrogens is 1. The number of carboxylic acid groups (broad SMARTS) is 1. The molecule has 1 aromatic rings. The lowest BCUT2D eigenvalue weighted by Gasteiger charge is -2.30. The molecule has 7 heteroatoms. The van der Waals surface area contributed by atoms with Crippen molar-refractivity contribution in [1.29, 1.82) is 0 Å². The van der Waals surface area contributed by atoms with Crippen molar-refractivity contribution in [2.24, 2.45) is 0 Å². The van der Waals surface area contributed by atoms with E-state index in [-0.39, 0.29) is 5.82 Å². The number of carboxylic acids is 1. The maximum atomic E-state index is 11.8. The number of aliphatic carboxylic acids is 1. The Morgan fingerprint density at radius 2 is 2.41 bits per heavy atom. The smallest absolute Gasteiger partial charge is 0.323 e. The summed E-state index contributed by atoms with van der Waals surface area (Å²) in [7, 11) is 0.